The van der Waals surface area contributed by atoms with Gasteiger partial charge in [0.05, 0.1) is 0 Å². The summed E-state index contributed by atoms with van der Waals surface area (Å²) in [6.45, 7) is 10.2. The number of rotatable bonds is 6. The first-order valence-electron chi connectivity index (χ1n) is 7.63. The van der Waals surface area contributed by atoms with E-state index in [-0.39, 0.29) is 24.8 Å². The Morgan fingerprint density at radius 2 is 1.50 bits per heavy atom. The van der Waals surface area contributed by atoms with Crippen LogP contribution in [-0.4, -0.2) is 21.8 Å². The maximum atomic E-state index is 6.21. The summed E-state index contributed by atoms with van der Waals surface area (Å²) in [5, 5.41) is 0. The third-order valence-electron chi connectivity index (χ3n) is 4.73. The van der Waals surface area contributed by atoms with Crippen LogP contribution in [0.4, 0.5) is 0 Å². The van der Waals surface area contributed by atoms with E-state index in [9.17, 15) is 0 Å². The minimum atomic E-state index is -2.98. The molecule has 0 atom stereocenters. The van der Waals surface area contributed by atoms with Crippen LogP contribution in [0.15, 0.2) is 43.0 Å². The van der Waals surface area contributed by atoms with Crippen LogP contribution in [0.3, 0.4) is 0 Å². The first kappa shape index (κ1) is 22.8. The Labute approximate surface area is 151 Å². The molecule has 0 heterocycles. The Morgan fingerprint density at radius 1 is 1.05 bits per heavy atom. The van der Waals surface area contributed by atoms with Gasteiger partial charge in [0.1, 0.15) is 0 Å². The van der Waals surface area contributed by atoms with E-state index >= 15 is 0 Å². The molecule has 2 aliphatic carbocycles. The molecule has 6 heteroatoms. The van der Waals surface area contributed by atoms with Crippen LogP contribution in [-0.2, 0) is 21.8 Å². The predicted octanol–water partition coefficient (Wildman–Crippen LogP) is 5.07. The van der Waals surface area contributed by atoms with Gasteiger partial charge in [0.25, 0.3) is 0 Å². The maximum Gasteiger partial charge on any atom is -0.147 e. The van der Waals surface area contributed by atoms with E-state index in [0.29, 0.717) is 0 Å². The van der Waals surface area contributed by atoms with Gasteiger partial charge in [-0.05, 0) is 0 Å². The van der Waals surface area contributed by atoms with E-state index in [2.05, 4.69) is 67.6 Å². The van der Waals surface area contributed by atoms with E-state index in [1.807, 2.05) is 0 Å². The van der Waals surface area contributed by atoms with Crippen molar-refractivity contribution in [2.24, 2.45) is 0 Å². The van der Waals surface area contributed by atoms with Gasteiger partial charge in [-0.2, -0.15) is 0 Å². The van der Waals surface area contributed by atoms with Crippen molar-refractivity contribution in [3.63, 3.8) is 0 Å². The molecule has 0 aromatic rings. The van der Waals surface area contributed by atoms with Crippen molar-refractivity contribution in [1.82, 2.24) is 0 Å². The average Bonchev–Trinajstić information content (AvgIpc) is 3.02. The minimum Gasteiger partial charge on any atom is -0.147 e. The van der Waals surface area contributed by atoms with Gasteiger partial charge < -0.3 is 0 Å². The number of halogens is 2. The molecule has 0 unspecified atom stereocenters. The Kier molecular flexibility index (Phi) is 8.57. The molecular formula is C16H30Cl2OSi2Zr. The average molecular weight is 457 g/mol. The van der Waals surface area contributed by atoms with Crippen molar-refractivity contribution < 1.29 is 21.8 Å². The summed E-state index contributed by atoms with van der Waals surface area (Å²) in [7, 11) is -1.40. The number of hydrogen-bond acceptors (Lipinski definition) is 1. The van der Waals surface area contributed by atoms with Crippen LogP contribution in [0, 0.1) is 0 Å². The summed E-state index contributed by atoms with van der Waals surface area (Å²) < 4.78 is 13.6. The predicted molar refractivity (Wildman–Crippen MR) is 107 cm³/mol. The summed E-state index contributed by atoms with van der Waals surface area (Å²) in [5.41, 5.74) is 0. The molecule has 1 nitrogen and oxygen atoms in total. The van der Waals surface area contributed by atoms with Crippen molar-refractivity contribution in [2.75, 3.05) is 6.61 Å². The second kappa shape index (κ2) is 8.27. The van der Waals surface area contributed by atoms with Crippen molar-refractivity contribution in [3.05, 3.63) is 43.0 Å². The van der Waals surface area contributed by atoms with Gasteiger partial charge in [0, 0.05) is 0 Å². The van der Waals surface area contributed by atoms with Gasteiger partial charge in [-0.15, -0.1) is 24.8 Å². The summed E-state index contributed by atoms with van der Waals surface area (Å²) in [6, 6.07) is 0. The van der Waals surface area contributed by atoms with E-state index in [4.69, 9.17) is 4.43 Å². The quantitative estimate of drug-likeness (QED) is 0.507. The molecule has 0 aromatic carbocycles. The molecule has 0 spiro atoms. The second-order valence-electron chi connectivity index (χ2n) is 7.65. The van der Waals surface area contributed by atoms with E-state index in [1.165, 1.54) is 17.0 Å². The molecule has 2 rings (SSSR count). The molecule has 0 fully saturated rings. The van der Waals surface area contributed by atoms with Crippen LogP contribution in [0.25, 0.3) is 0 Å². The molecule has 126 valence electrons. The topological polar surface area (TPSA) is 9.23 Å². The van der Waals surface area contributed by atoms with Crippen LogP contribution in [0.1, 0.15) is 12.8 Å². The van der Waals surface area contributed by atoms with Crippen LogP contribution < -0.4 is 0 Å². The van der Waals surface area contributed by atoms with E-state index in [0.717, 1.165) is 6.61 Å². The first-order chi connectivity index (χ1) is 9.21. The first-order valence-corrected chi connectivity index (χ1v) is 23.6. The Hall–Kier alpha value is 0.817. The molecule has 22 heavy (non-hydrogen) atoms. The maximum absolute atomic E-state index is 6.21. The van der Waals surface area contributed by atoms with Gasteiger partial charge in [-0.1, -0.05) is 0 Å². The van der Waals surface area contributed by atoms with Crippen LogP contribution in [0.5, 0.6) is 0 Å². The fourth-order valence-electron chi connectivity index (χ4n) is 3.14. The Balaban J connectivity index is 0.00000220. The zero-order valence-corrected chi connectivity index (χ0v) is 20.7. The molecule has 0 aromatic heterocycles. The summed E-state index contributed by atoms with van der Waals surface area (Å²) >= 11 is -2.98. The minimum absolute atomic E-state index is 0. The smallest absolute Gasteiger partial charge is 0.147 e. The van der Waals surface area contributed by atoms with Crippen molar-refractivity contribution in [2.45, 2.75) is 41.2 Å². The normalized spacial score (nSPS) is 17.7. The van der Waals surface area contributed by atoms with Gasteiger partial charge in [0.2, 0.25) is 0 Å². The van der Waals surface area contributed by atoms with E-state index < -0.39 is 25.7 Å². The largest absolute Gasteiger partial charge is 0.147 e. The zero-order valence-electron chi connectivity index (χ0n) is 14.2. The van der Waals surface area contributed by atoms with Gasteiger partial charge >= 0.3 is 128 Å². The Bertz CT molecular complexity index is 549. The fraction of sp³-hybridized carbons (Fsp3) is 0.500. The Morgan fingerprint density at radius 3 is 1.82 bits per heavy atom. The van der Waals surface area contributed by atoms with E-state index in [1.54, 1.807) is 6.56 Å². The third-order valence-corrected chi connectivity index (χ3v) is 28.1. The second-order valence-corrected chi connectivity index (χ2v) is 39.1. The third kappa shape index (κ3) is 5.16. The molecule has 0 saturated heterocycles. The van der Waals surface area contributed by atoms with Crippen molar-refractivity contribution >= 4 is 40.0 Å². The fourth-order valence-corrected chi connectivity index (χ4v) is 18.9. The summed E-state index contributed by atoms with van der Waals surface area (Å²) in [6.07, 6.45) is 16.3. The van der Waals surface area contributed by atoms with Gasteiger partial charge in [-0.3, -0.25) is 0 Å². The molecule has 0 bridgehead atoms. The number of hydrogen-bond donors (Lipinski definition) is 0. The molecule has 0 radical (unpaired) electrons. The van der Waals surface area contributed by atoms with Gasteiger partial charge in [-0.25, -0.2) is 0 Å². The summed E-state index contributed by atoms with van der Waals surface area (Å²) in [5.74, 6) is 0. The molecule has 0 aliphatic heterocycles. The molecule has 0 N–H and O–H groups in total. The van der Waals surface area contributed by atoms with Crippen LogP contribution in [0.2, 0.25) is 28.4 Å². The molecule has 0 amide bonds. The molecule has 2 aliphatic rings. The molecule has 0 saturated carbocycles. The SMILES string of the molecule is C[Si](C)(C)OC[CH2][Zr]([CH3])(=[SiH2])([C]1=CC=CC1)[C]1=CC=CC1.Cl.Cl. The number of allylic oxidation sites excluding steroid dienone is 8. The van der Waals surface area contributed by atoms with Crippen molar-refractivity contribution in [1.29, 1.82) is 0 Å². The van der Waals surface area contributed by atoms with Crippen molar-refractivity contribution in [3.8, 4) is 0 Å². The standard InChI is InChI=1S/C5H13OSi.2C5H5.CH3.2ClH.H2Si.Zr/c1-5-6-7(2,3)4;2*1-2-4-5-3-1;;;;;/h1,5H2,2-4H3;2*1-3H,4H2;1H3;2*1H;1H2;. The van der Waals surface area contributed by atoms with Gasteiger partial charge in [0.15, 0.2) is 0 Å². The van der Waals surface area contributed by atoms with Crippen LogP contribution >= 0.6 is 24.8 Å². The summed E-state index contributed by atoms with van der Waals surface area (Å²) in [4.78, 5) is 0. The molecular weight excluding hydrogens is 426 g/mol. The monoisotopic (exact) mass is 454 g/mol. The zero-order chi connectivity index (χ0) is 14.9.